The number of imide groups is 1. The first-order valence-corrected chi connectivity index (χ1v) is 8.52. The fourth-order valence-corrected chi connectivity index (χ4v) is 3.64. The molecule has 1 saturated carbocycles. The van der Waals surface area contributed by atoms with Crippen LogP contribution in [0, 0.1) is 11.8 Å². The molecule has 3 N–H and O–H groups in total. The Labute approximate surface area is 145 Å². The van der Waals surface area contributed by atoms with Gasteiger partial charge in [-0.05, 0) is 31.0 Å². The SMILES string of the molecule is NC(=O)c1cccc(NC(=O)CCN2C(=O)[C@H]3CCCC[C@H]3C2=O)c1. The number of carbonyl (C=O) groups excluding carboxylic acids is 4. The number of primary amides is 1. The van der Waals surface area contributed by atoms with Crippen LogP contribution in [0.3, 0.4) is 0 Å². The molecule has 1 aliphatic heterocycles. The Hall–Kier alpha value is -2.70. The van der Waals surface area contributed by atoms with E-state index in [4.69, 9.17) is 5.73 Å². The summed E-state index contributed by atoms with van der Waals surface area (Å²) in [6.45, 7) is 0.0893. The maximum atomic E-state index is 12.4. The number of fused-ring (bicyclic) bond motifs is 1. The standard InChI is InChI=1S/C18H21N3O4/c19-16(23)11-4-3-5-12(10-11)20-15(22)8-9-21-17(24)13-6-1-2-7-14(13)18(21)25/h3-5,10,13-14H,1-2,6-9H2,(H2,19,23)(H,20,22)/t13-,14+. The van der Waals surface area contributed by atoms with Gasteiger partial charge in [0.25, 0.3) is 0 Å². The van der Waals surface area contributed by atoms with Gasteiger partial charge in [0.2, 0.25) is 23.6 Å². The number of carbonyl (C=O) groups is 4. The van der Waals surface area contributed by atoms with Gasteiger partial charge in [-0.25, -0.2) is 0 Å². The molecule has 1 aromatic carbocycles. The number of rotatable bonds is 5. The molecular weight excluding hydrogens is 322 g/mol. The van der Waals surface area contributed by atoms with Crippen molar-refractivity contribution >= 4 is 29.3 Å². The zero-order valence-corrected chi connectivity index (χ0v) is 13.9. The average Bonchev–Trinajstić information content (AvgIpc) is 2.85. The van der Waals surface area contributed by atoms with Crippen molar-refractivity contribution in [2.24, 2.45) is 17.6 Å². The van der Waals surface area contributed by atoms with E-state index >= 15 is 0 Å². The Morgan fingerprint density at radius 1 is 1.12 bits per heavy atom. The lowest BCUT2D eigenvalue weighted by atomic mass is 9.81. The number of likely N-dealkylation sites (tertiary alicyclic amines) is 1. The summed E-state index contributed by atoms with van der Waals surface area (Å²) in [6.07, 6.45) is 3.50. The molecule has 25 heavy (non-hydrogen) atoms. The molecule has 0 aromatic heterocycles. The number of amides is 4. The summed E-state index contributed by atoms with van der Waals surface area (Å²) in [5.74, 6) is -1.58. The third kappa shape index (κ3) is 3.55. The van der Waals surface area contributed by atoms with E-state index in [1.165, 1.54) is 11.0 Å². The Bertz CT molecular complexity index is 707. The molecule has 2 atom stereocenters. The molecule has 1 saturated heterocycles. The Balaban J connectivity index is 1.57. The van der Waals surface area contributed by atoms with E-state index in [1.54, 1.807) is 18.2 Å². The second-order valence-corrected chi connectivity index (χ2v) is 6.57. The van der Waals surface area contributed by atoms with Crippen LogP contribution >= 0.6 is 0 Å². The van der Waals surface area contributed by atoms with E-state index in [0.717, 1.165) is 25.7 Å². The summed E-state index contributed by atoms with van der Waals surface area (Å²) in [5, 5.41) is 2.66. The van der Waals surface area contributed by atoms with Crippen LogP contribution < -0.4 is 11.1 Å². The van der Waals surface area contributed by atoms with Crippen molar-refractivity contribution < 1.29 is 19.2 Å². The number of benzene rings is 1. The van der Waals surface area contributed by atoms with Crippen LogP contribution in [0.4, 0.5) is 5.69 Å². The van der Waals surface area contributed by atoms with Gasteiger partial charge >= 0.3 is 0 Å². The van der Waals surface area contributed by atoms with Gasteiger partial charge in [0.15, 0.2) is 0 Å². The average molecular weight is 343 g/mol. The predicted octanol–water partition coefficient (Wildman–Crippen LogP) is 1.29. The number of anilines is 1. The van der Waals surface area contributed by atoms with Crippen LogP contribution in [0.2, 0.25) is 0 Å². The topological polar surface area (TPSA) is 110 Å². The lowest BCUT2D eigenvalue weighted by Gasteiger charge is -2.19. The zero-order chi connectivity index (χ0) is 18.0. The number of hydrogen-bond donors (Lipinski definition) is 2. The van der Waals surface area contributed by atoms with Crippen LogP contribution in [0.1, 0.15) is 42.5 Å². The van der Waals surface area contributed by atoms with Gasteiger partial charge in [0.1, 0.15) is 0 Å². The van der Waals surface area contributed by atoms with E-state index in [-0.39, 0.29) is 42.5 Å². The minimum Gasteiger partial charge on any atom is -0.366 e. The highest BCUT2D eigenvalue weighted by molar-refractivity contribution is 6.05. The first kappa shape index (κ1) is 17.1. The van der Waals surface area contributed by atoms with E-state index in [0.29, 0.717) is 11.3 Å². The predicted molar refractivity (Wildman–Crippen MR) is 90.4 cm³/mol. The zero-order valence-electron chi connectivity index (χ0n) is 13.9. The van der Waals surface area contributed by atoms with Gasteiger partial charge in [-0.3, -0.25) is 24.1 Å². The maximum absolute atomic E-state index is 12.4. The highest BCUT2D eigenvalue weighted by Gasteiger charge is 2.47. The third-order valence-corrected chi connectivity index (χ3v) is 4.93. The maximum Gasteiger partial charge on any atom is 0.248 e. The molecule has 1 aromatic rings. The smallest absolute Gasteiger partial charge is 0.248 e. The number of nitrogens with zero attached hydrogens (tertiary/aromatic N) is 1. The third-order valence-electron chi connectivity index (χ3n) is 4.93. The summed E-state index contributed by atoms with van der Waals surface area (Å²) in [6, 6.07) is 6.31. The van der Waals surface area contributed by atoms with Crippen LogP contribution in [0.25, 0.3) is 0 Å². The van der Waals surface area contributed by atoms with Crippen LogP contribution in [-0.2, 0) is 14.4 Å². The minimum atomic E-state index is -0.577. The molecule has 132 valence electrons. The van der Waals surface area contributed by atoms with Crippen LogP contribution in [0.5, 0.6) is 0 Å². The van der Waals surface area contributed by atoms with Gasteiger partial charge < -0.3 is 11.1 Å². The van der Waals surface area contributed by atoms with Crippen molar-refractivity contribution in [1.29, 1.82) is 0 Å². The molecule has 0 radical (unpaired) electrons. The largest absolute Gasteiger partial charge is 0.366 e. The normalized spacial score (nSPS) is 22.6. The molecule has 3 rings (SSSR count). The second-order valence-electron chi connectivity index (χ2n) is 6.57. The fourth-order valence-electron chi connectivity index (χ4n) is 3.64. The number of nitrogens with two attached hydrogens (primary N) is 1. The van der Waals surface area contributed by atoms with Crippen molar-refractivity contribution in [3.05, 3.63) is 29.8 Å². The first-order valence-electron chi connectivity index (χ1n) is 8.52. The van der Waals surface area contributed by atoms with Crippen LogP contribution in [0.15, 0.2) is 24.3 Å². The van der Waals surface area contributed by atoms with Crippen molar-refractivity contribution in [3.63, 3.8) is 0 Å². The van der Waals surface area contributed by atoms with E-state index in [1.807, 2.05) is 0 Å². The molecule has 0 unspecified atom stereocenters. The molecule has 7 heteroatoms. The number of hydrogen-bond acceptors (Lipinski definition) is 4. The molecule has 4 amide bonds. The molecule has 0 spiro atoms. The summed E-state index contributed by atoms with van der Waals surface area (Å²) in [4.78, 5) is 49.2. The second kappa shape index (κ2) is 7.04. The van der Waals surface area contributed by atoms with Crippen molar-refractivity contribution in [2.45, 2.75) is 32.1 Å². The van der Waals surface area contributed by atoms with E-state index in [2.05, 4.69) is 5.32 Å². The van der Waals surface area contributed by atoms with Gasteiger partial charge in [-0.15, -0.1) is 0 Å². The summed E-state index contributed by atoms with van der Waals surface area (Å²) in [5.41, 5.74) is 5.96. The van der Waals surface area contributed by atoms with Gasteiger partial charge in [0, 0.05) is 24.2 Å². The number of nitrogens with one attached hydrogen (secondary N) is 1. The summed E-state index contributed by atoms with van der Waals surface area (Å²) in [7, 11) is 0. The van der Waals surface area contributed by atoms with Gasteiger partial charge in [-0.1, -0.05) is 18.9 Å². The van der Waals surface area contributed by atoms with E-state index in [9.17, 15) is 19.2 Å². The Kier molecular flexibility index (Phi) is 4.83. The summed E-state index contributed by atoms with van der Waals surface area (Å²) < 4.78 is 0. The van der Waals surface area contributed by atoms with E-state index < -0.39 is 5.91 Å². The molecule has 0 bridgehead atoms. The fraction of sp³-hybridized carbons (Fsp3) is 0.444. The van der Waals surface area contributed by atoms with Gasteiger partial charge in [-0.2, -0.15) is 0 Å². The monoisotopic (exact) mass is 343 g/mol. The van der Waals surface area contributed by atoms with Gasteiger partial charge in [0.05, 0.1) is 11.8 Å². The van der Waals surface area contributed by atoms with Crippen molar-refractivity contribution in [2.75, 3.05) is 11.9 Å². The highest BCUT2D eigenvalue weighted by Crippen LogP contribution is 2.37. The quantitative estimate of drug-likeness (QED) is 0.785. The summed E-state index contributed by atoms with van der Waals surface area (Å²) >= 11 is 0. The molecule has 2 aliphatic rings. The Morgan fingerprint density at radius 2 is 1.76 bits per heavy atom. The van der Waals surface area contributed by atoms with Crippen molar-refractivity contribution in [1.82, 2.24) is 4.90 Å². The Morgan fingerprint density at radius 3 is 2.36 bits per heavy atom. The lowest BCUT2D eigenvalue weighted by molar-refractivity contribution is -0.140. The molecule has 1 heterocycles. The van der Waals surface area contributed by atoms with Crippen LogP contribution in [-0.4, -0.2) is 35.1 Å². The highest BCUT2D eigenvalue weighted by atomic mass is 16.2. The van der Waals surface area contributed by atoms with Crippen molar-refractivity contribution in [3.8, 4) is 0 Å². The first-order chi connectivity index (χ1) is 12.0. The lowest BCUT2D eigenvalue weighted by Crippen LogP contribution is -2.34. The molecule has 7 nitrogen and oxygen atoms in total. The molecule has 2 fully saturated rings. The molecule has 1 aliphatic carbocycles. The molecular formula is C18H21N3O4. The minimum absolute atomic E-state index is 0.0255.